The van der Waals surface area contributed by atoms with E-state index in [4.69, 9.17) is 23.2 Å². The third-order valence-corrected chi connectivity index (χ3v) is 2.76. The van der Waals surface area contributed by atoms with Crippen LogP contribution in [0.25, 0.3) is 5.69 Å². The molecule has 0 amide bonds. The second-order valence-corrected chi connectivity index (χ2v) is 4.27. The summed E-state index contributed by atoms with van der Waals surface area (Å²) in [6, 6.07) is 5.39. The summed E-state index contributed by atoms with van der Waals surface area (Å²) in [5, 5.41) is 4.24. The Bertz CT molecular complexity index is 520. The molecule has 1 heterocycles. The monoisotopic (exact) mass is 255 g/mol. The van der Waals surface area contributed by atoms with Crippen molar-refractivity contribution in [3.05, 3.63) is 40.1 Å². The van der Waals surface area contributed by atoms with Crippen molar-refractivity contribution in [1.82, 2.24) is 9.55 Å². The van der Waals surface area contributed by atoms with Gasteiger partial charge in [0.15, 0.2) is 0 Å². The third kappa shape index (κ3) is 2.01. The summed E-state index contributed by atoms with van der Waals surface area (Å²) >= 11 is 12.0. The third-order valence-electron chi connectivity index (χ3n) is 2.22. The first-order valence-electron chi connectivity index (χ1n) is 4.81. The highest BCUT2D eigenvalue weighted by molar-refractivity contribution is 6.35. The van der Waals surface area contributed by atoms with E-state index in [2.05, 4.69) is 10.3 Å². The number of halogens is 2. The predicted octanol–water partition coefficient (Wildman–Crippen LogP) is 3.53. The minimum atomic E-state index is 0.599. The summed E-state index contributed by atoms with van der Waals surface area (Å²) < 4.78 is 1.90. The van der Waals surface area contributed by atoms with E-state index in [1.54, 1.807) is 12.1 Å². The number of hydrogen-bond acceptors (Lipinski definition) is 2. The molecule has 2 aromatic rings. The summed E-state index contributed by atoms with van der Waals surface area (Å²) in [7, 11) is 1.82. The molecular formula is C11H11Cl2N3. The highest BCUT2D eigenvalue weighted by Gasteiger charge is 2.09. The van der Waals surface area contributed by atoms with E-state index in [1.807, 2.05) is 30.8 Å². The fraction of sp³-hybridized carbons (Fsp3) is 0.182. The SMILES string of the molecule is CNc1nc(C)cn1-c1ccc(Cl)cc1Cl. The fourth-order valence-electron chi connectivity index (χ4n) is 1.53. The van der Waals surface area contributed by atoms with E-state index >= 15 is 0 Å². The molecular weight excluding hydrogens is 245 g/mol. The minimum Gasteiger partial charge on any atom is -0.358 e. The van der Waals surface area contributed by atoms with Crippen molar-refractivity contribution in [3.63, 3.8) is 0 Å². The van der Waals surface area contributed by atoms with Gasteiger partial charge in [0.05, 0.1) is 16.4 Å². The topological polar surface area (TPSA) is 29.9 Å². The molecule has 0 atom stereocenters. The highest BCUT2D eigenvalue weighted by atomic mass is 35.5. The number of imidazole rings is 1. The van der Waals surface area contributed by atoms with Crippen LogP contribution < -0.4 is 5.32 Å². The van der Waals surface area contributed by atoms with E-state index in [1.165, 1.54) is 0 Å². The maximum atomic E-state index is 6.14. The van der Waals surface area contributed by atoms with Crippen LogP contribution in [0.1, 0.15) is 5.69 Å². The van der Waals surface area contributed by atoms with Gasteiger partial charge in [0.1, 0.15) is 0 Å². The lowest BCUT2D eigenvalue weighted by atomic mass is 10.3. The average Bonchev–Trinajstić information content (AvgIpc) is 2.59. The van der Waals surface area contributed by atoms with Crippen molar-refractivity contribution in [2.75, 3.05) is 12.4 Å². The number of nitrogens with zero attached hydrogens (tertiary/aromatic N) is 2. The summed E-state index contributed by atoms with van der Waals surface area (Å²) in [4.78, 5) is 4.33. The summed E-state index contributed by atoms with van der Waals surface area (Å²) in [6.45, 7) is 1.93. The molecule has 5 heteroatoms. The molecule has 3 nitrogen and oxygen atoms in total. The van der Waals surface area contributed by atoms with Crippen molar-refractivity contribution in [2.45, 2.75) is 6.92 Å². The maximum absolute atomic E-state index is 6.14. The molecule has 0 saturated carbocycles. The molecule has 0 saturated heterocycles. The van der Waals surface area contributed by atoms with Crippen molar-refractivity contribution in [2.24, 2.45) is 0 Å². The Morgan fingerprint density at radius 2 is 2.06 bits per heavy atom. The Morgan fingerprint density at radius 1 is 1.31 bits per heavy atom. The number of nitrogens with one attached hydrogen (secondary N) is 1. The van der Waals surface area contributed by atoms with Crippen LogP contribution in [-0.4, -0.2) is 16.6 Å². The molecule has 16 heavy (non-hydrogen) atoms. The largest absolute Gasteiger partial charge is 0.358 e. The highest BCUT2D eigenvalue weighted by Crippen LogP contribution is 2.26. The summed E-state index contributed by atoms with van der Waals surface area (Å²) in [5.74, 6) is 0.752. The van der Waals surface area contributed by atoms with E-state index < -0.39 is 0 Å². The fourth-order valence-corrected chi connectivity index (χ4v) is 2.03. The average molecular weight is 256 g/mol. The van der Waals surface area contributed by atoms with Crippen LogP contribution in [0.15, 0.2) is 24.4 Å². The van der Waals surface area contributed by atoms with Gasteiger partial charge in [-0.05, 0) is 25.1 Å². The summed E-state index contributed by atoms with van der Waals surface area (Å²) in [5.41, 5.74) is 1.78. The zero-order valence-electron chi connectivity index (χ0n) is 8.96. The van der Waals surface area contributed by atoms with E-state index in [0.717, 1.165) is 17.3 Å². The second kappa shape index (κ2) is 4.36. The Balaban J connectivity index is 2.57. The predicted molar refractivity (Wildman–Crippen MR) is 67.9 cm³/mol. The zero-order chi connectivity index (χ0) is 11.7. The molecule has 0 radical (unpaired) electrons. The van der Waals surface area contributed by atoms with Gasteiger partial charge in [0, 0.05) is 18.3 Å². The lowest BCUT2D eigenvalue weighted by molar-refractivity contribution is 1.05. The van der Waals surface area contributed by atoms with Crippen molar-refractivity contribution < 1.29 is 0 Å². The number of aryl methyl sites for hydroxylation is 1. The standard InChI is InChI=1S/C11H11Cl2N3/c1-7-6-16(11(14-2)15-7)10-4-3-8(12)5-9(10)13/h3-6H,1-2H3,(H,14,15). The summed E-state index contributed by atoms with van der Waals surface area (Å²) in [6.07, 6.45) is 1.92. The number of hydrogen-bond donors (Lipinski definition) is 1. The Labute approximate surface area is 104 Å². The molecule has 1 aromatic heterocycles. The van der Waals surface area contributed by atoms with Crippen molar-refractivity contribution >= 4 is 29.2 Å². The lowest BCUT2D eigenvalue weighted by Crippen LogP contribution is -2.00. The van der Waals surface area contributed by atoms with Gasteiger partial charge in [-0.25, -0.2) is 4.98 Å². The lowest BCUT2D eigenvalue weighted by Gasteiger charge is -2.08. The molecule has 0 bridgehead atoms. The first kappa shape index (κ1) is 11.3. The van der Waals surface area contributed by atoms with Crippen LogP contribution in [-0.2, 0) is 0 Å². The molecule has 0 fully saturated rings. The van der Waals surface area contributed by atoms with Crippen LogP contribution in [0.4, 0.5) is 5.95 Å². The molecule has 2 rings (SSSR count). The quantitative estimate of drug-likeness (QED) is 0.890. The molecule has 1 aromatic carbocycles. The van der Waals surface area contributed by atoms with Crippen LogP contribution in [0.2, 0.25) is 10.0 Å². The van der Waals surface area contributed by atoms with Crippen molar-refractivity contribution in [1.29, 1.82) is 0 Å². The van der Waals surface area contributed by atoms with Crippen LogP contribution in [0.5, 0.6) is 0 Å². The number of rotatable bonds is 2. The molecule has 0 aliphatic heterocycles. The van der Waals surface area contributed by atoms with Gasteiger partial charge in [-0.3, -0.25) is 4.57 Å². The normalized spacial score (nSPS) is 10.5. The van der Waals surface area contributed by atoms with Gasteiger partial charge in [0.25, 0.3) is 0 Å². The van der Waals surface area contributed by atoms with Crippen LogP contribution >= 0.6 is 23.2 Å². The van der Waals surface area contributed by atoms with Gasteiger partial charge in [-0.2, -0.15) is 0 Å². The molecule has 0 aliphatic rings. The zero-order valence-corrected chi connectivity index (χ0v) is 10.5. The minimum absolute atomic E-state index is 0.599. The Hall–Kier alpha value is -1.19. The van der Waals surface area contributed by atoms with Gasteiger partial charge in [-0.15, -0.1) is 0 Å². The second-order valence-electron chi connectivity index (χ2n) is 3.42. The molecule has 0 unspecified atom stereocenters. The Morgan fingerprint density at radius 3 is 2.69 bits per heavy atom. The van der Waals surface area contributed by atoms with Crippen LogP contribution in [0.3, 0.4) is 0 Å². The maximum Gasteiger partial charge on any atom is 0.207 e. The smallest absolute Gasteiger partial charge is 0.207 e. The van der Waals surface area contributed by atoms with Gasteiger partial charge in [-0.1, -0.05) is 23.2 Å². The first-order valence-corrected chi connectivity index (χ1v) is 5.56. The van der Waals surface area contributed by atoms with E-state index in [-0.39, 0.29) is 0 Å². The van der Waals surface area contributed by atoms with Gasteiger partial charge < -0.3 is 5.32 Å². The number of anilines is 1. The van der Waals surface area contributed by atoms with Gasteiger partial charge >= 0.3 is 0 Å². The number of benzene rings is 1. The Kier molecular flexibility index (Phi) is 3.08. The van der Waals surface area contributed by atoms with Crippen molar-refractivity contribution in [3.8, 4) is 5.69 Å². The molecule has 0 spiro atoms. The van der Waals surface area contributed by atoms with E-state index in [9.17, 15) is 0 Å². The molecule has 84 valence electrons. The number of aromatic nitrogens is 2. The van der Waals surface area contributed by atoms with Gasteiger partial charge in [0.2, 0.25) is 5.95 Å². The van der Waals surface area contributed by atoms with Crippen LogP contribution in [0, 0.1) is 6.92 Å². The molecule has 0 aliphatic carbocycles. The van der Waals surface area contributed by atoms with E-state index in [0.29, 0.717) is 10.0 Å². The molecule has 1 N–H and O–H groups in total. The first-order chi connectivity index (χ1) is 7.61.